The Morgan fingerprint density at radius 1 is 1.29 bits per heavy atom. The molecule has 1 fully saturated rings. The normalized spacial score (nSPS) is 18.9. The lowest BCUT2D eigenvalue weighted by atomic mass is 10.1. The monoisotopic (exact) mass is 344 g/mol. The van der Waals surface area contributed by atoms with Gasteiger partial charge in [0.1, 0.15) is 0 Å². The highest BCUT2D eigenvalue weighted by Crippen LogP contribution is 2.37. The van der Waals surface area contributed by atoms with Crippen LogP contribution in [0.15, 0.2) is 35.7 Å². The van der Waals surface area contributed by atoms with Gasteiger partial charge in [-0.15, -0.1) is 11.3 Å². The molecule has 2 aliphatic rings. The van der Waals surface area contributed by atoms with Crippen molar-refractivity contribution in [1.82, 2.24) is 5.32 Å². The molecule has 1 atom stereocenters. The Balaban J connectivity index is 1.39. The van der Waals surface area contributed by atoms with E-state index in [-0.39, 0.29) is 24.5 Å². The van der Waals surface area contributed by atoms with Crippen LogP contribution in [0.2, 0.25) is 0 Å². The third-order valence-electron chi connectivity index (χ3n) is 4.17. The van der Waals surface area contributed by atoms with Gasteiger partial charge in [0.2, 0.25) is 12.7 Å². The Morgan fingerprint density at radius 2 is 2.17 bits per heavy atom. The Hall–Kier alpha value is -2.54. The highest BCUT2D eigenvalue weighted by Gasteiger charge is 2.31. The van der Waals surface area contributed by atoms with Gasteiger partial charge in [-0.3, -0.25) is 9.59 Å². The molecule has 0 unspecified atom stereocenters. The van der Waals surface area contributed by atoms with Crippen LogP contribution in [-0.2, 0) is 4.79 Å². The number of anilines is 1. The highest BCUT2D eigenvalue weighted by atomic mass is 32.1. The van der Waals surface area contributed by atoms with E-state index in [9.17, 15) is 9.59 Å². The first kappa shape index (κ1) is 15.0. The summed E-state index contributed by atoms with van der Waals surface area (Å²) < 4.78 is 10.7. The number of fused-ring (bicyclic) bond motifs is 1. The number of carbonyl (C=O) groups is 2. The zero-order valence-corrected chi connectivity index (χ0v) is 13.7. The molecule has 0 aliphatic carbocycles. The Morgan fingerprint density at radius 3 is 3.00 bits per heavy atom. The zero-order chi connectivity index (χ0) is 16.5. The third kappa shape index (κ3) is 2.82. The van der Waals surface area contributed by atoms with E-state index in [0.717, 1.165) is 5.69 Å². The molecule has 0 saturated carbocycles. The van der Waals surface area contributed by atoms with Gasteiger partial charge in [-0.2, -0.15) is 0 Å². The molecule has 124 valence electrons. The van der Waals surface area contributed by atoms with E-state index in [4.69, 9.17) is 9.47 Å². The number of rotatable bonds is 4. The number of carbonyl (C=O) groups excluding carboxylic acids is 2. The Bertz CT molecular complexity index is 775. The van der Waals surface area contributed by atoms with Crippen LogP contribution in [0.4, 0.5) is 5.69 Å². The van der Waals surface area contributed by atoms with E-state index in [1.807, 2.05) is 29.6 Å². The van der Waals surface area contributed by atoms with Crippen LogP contribution in [0.3, 0.4) is 0 Å². The number of nitrogens with zero attached hydrogens (tertiary/aromatic N) is 1. The maximum atomic E-state index is 12.3. The van der Waals surface area contributed by atoms with Crippen molar-refractivity contribution in [3.8, 4) is 11.5 Å². The molecule has 2 amide bonds. The molecule has 1 aromatic heterocycles. The summed E-state index contributed by atoms with van der Waals surface area (Å²) >= 11 is 1.41. The Labute approximate surface area is 143 Å². The number of hydrogen-bond donors (Lipinski definition) is 1. The van der Waals surface area contributed by atoms with Crippen LogP contribution < -0.4 is 19.7 Å². The van der Waals surface area contributed by atoms with Crippen LogP contribution in [0.1, 0.15) is 16.1 Å². The van der Waals surface area contributed by atoms with Crippen LogP contribution in [-0.4, -0.2) is 31.7 Å². The standard InChI is InChI=1S/C17H16N2O4S/c20-16-6-11(8-18-17(21)15-2-1-5-24-15)9-19(16)12-3-4-13-14(7-12)23-10-22-13/h1-5,7,11H,6,8-10H2,(H,18,21)/t11-/m0/s1. The number of amides is 2. The average molecular weight is 344 g/mol. The molecule has 24 heavy (non-hydrogen) atoms. The fraction of sp³-hybridized carbons (Fsp3) is 0.294. The number of ether oxygens (including phenoxy) is 2. The number of nitrogens with one attached hydrogen (secondary N) is 1. The van der Waals surface area contributed by atoms with Crippen LogP contribution in [0.25, 0.3) is 0 Å². The van der Waals surface area contributed by atoms with Gasteiger partial charge in [0, 0.05) is 37.2 Å². The van der Waals surface area contributed by atoms with E-state index in [1.165, 1.54) is 11.3 Å². The lowest BCUT2D eigenvalue weighted by Crippen LogP contribution is -2.30. The molecule has 6 nitrogen and oxygen atoms in total. The summed E-state index contributed by atoms with van der Waals surface area (Å²) in [6.07, 6.45) is 0.430. The van der Waals surface area contributed by atoms with Gasteiger partial charge in [-0.05, 0) is 23.6 Å². The minimum atomic E-state index is -0.0843. The molecular formula is C17H16N2O4S. The molecule has 4 rings (SSSR count). The first-order chi connectivity index (χ1) is 11.7. The molecule has 1 N–H and O–H groups in total. The second-order valence-electron chi connectivity index (χ2n) is 5.80. The van der Waals surface area contributed by atoms with Gasteiger partial charge >= 0.3 is 0 Å². The van der Waals surface area contributed by atoms with E-state index in [1.54, 1.807) is 11.0 Å². The van der Waals surface area contributed by atoms with Crippen molar-refractivity contribution in [1.29, 1.82) is 0 Å². The molecule has 0 spiro atoms. The van der Waals surface area contributed by atoms with E-state index in [2.05, 4.69) is 5.32 Å². The van der Waals surface area contributed by atoms with Crippen molar-refractivity contribution >= 4 is 28.8 Å². The predicted molar refractivity (Wildman–Crippen MR) is 89.7 cm³/mol. The minimum Gasteiger partial charge on any atom is -0.454 e. The maximum Gasteiger partial charge on any atom is 0.261 e. The topological polar surface area (TPSA) is 67.9 Å². The van der Waals surface area contributed by atoms with Crippen LogP contribution in [0, 0.1) is 5.92 Å². The number of thiophene rings is 1. The summed E-state index contributed by atoms with van der Waals surface area (Å²) in [7, 11) is 0. The quantitative estimate of drug-likeness (QED) is 0.924. The van der Waals surface area contributed by atoms with Gasteiger partial charge in [0.15, 0.2) is 11.5 Å². The minimum absolute atomic E-state index is 0.0595. The molecule has 2 aromatic rings. The molecule has 0 bridgehead atoms. The van der Waals surface area contributed by atoms with Crippen molar-refractivity contribution in [2.75, 3.05) is 24.8 Å². The van der Waals surface area contributed by atoms with E-state index < -0.39 is 0 Å². The highest BCUT2D eigenvalue weighted by molar-refractivity contribution is 7.12. The van der Waals surface area contributed by atoms with Gasteiger partial charge < -0.3 is 19.7 Å². The van der Waals surface area contributed by atoms with Gasteiger partial charge in [-0.25, -0.2) is 0 Å². The lowest BCUT2D eigenvalue weighted by molar-refractivity contribution is -0.117. The van der Waals surface area contributed by atoms with Gasteiger partial charge in [0.05, 0.1) is 4.88 Å². The summed E-state index contributed by atoms with van der Waals surface area (Å²) in [6, 6.07) is 9.14. The molecule has 3 heterocycles. The van der Waals surface area contributed by atoms with Gasteiger partial charge in [-0.1, -0.05) is 6.07 Å². The molecule has 7 heteroatoms. The smallest absolute Gasteiger partial charge is 0.261 e. The Kier molecular flexibility index (Phi) is 3.86. The van der Waals surface area contributed by atoms with Crippen molar-refractivity contribution in [3.05, 3.63) is 40.6 Å². The second-order valence-corrected chi connectivity index (χ2v) is 6.75. The lowest BCUT2D eigenvalue weighted by Gasteiger charge is -2.17. The van der Waals surface area contributed by atoms with Crippen LogP contribution >= 0.6 is 11.3 Å². The fourth-order valence-electron chi connectivity index (χ4n) is 2.95. The summed E-state index contributed by atoms with van der Waals surface area (Å²) in [5.74, 6) is 1.44. The summed E-state index contributed by atoms with van der Waals surface area (Å²) in [4.78, 5) is 26.7. The van der Waals surface area contributed by atoms with Gasteiger partial charge in [0.25, 0.3) is 5.91 Å². The van der Waals surface area contributed by atoms with Crippen LogP contribution in [0.5, 0.6) is 11.5 Å². The molecular weight excluding hydrogens is 328 g/mol. The first-order valence-electron chi connectivity index (χ1n) is 7.72. The fourth-order valence-corrected chi connectivity index (χ4v) is 3.59. The molecule has 1 aromatic carbocycles. The largest absolute Gasteiger partial charge is 0.454 e. The summed E-state index contributed by atoms with van der Waals surface area (Å²) in [6.45, 7) is 1.29. The predicted octanol–water partition coefficient (Wildman–Crippen LogP) is 2.26. The second kappa shape index (κ2) is 6.16. The average Bonchev–Trinajstić information content (AvgIpc) is 3.32. The SMILES string of the molecule is O=C(NC[C@@H]1CC(=O)N(c2ccc3c(c2)OCO3)C1)c1cccs1. The molecule has 0 radical (unpaired) electrons. The molecule has 1 saturated heterocycles. The van der Waals surface area contributed by atoms with Crippen molar-refractivity contribution in [3.63, 3.8) is 0 Å². The summed E-state index contributed by atoms with van der Waals surface area (Å²) in [5, 5.41) is 4.78. The number of hydrogen-bond acceptors (Lipinski definition) is 5. The third-order valence-corrected chi connectivity index (χ3v) is 5.04. The van der Waals surface area contributed by atoms with E-state index >= 15 is 0 Å². The first-order valence-corrected chi connectivity index (χ1v) is 8.60. The van der Waals surface area contributed by atoms with Crippen molar-refractivity contribution < 1.29 is 19.1 Å². The number of benzene rings is 1. The summed E-state index contributed by atoms with van der Waals surface area (Å²) in [5.41, 5.74) is 0.802. The van der Waals surface area contributed by atoms with Crippen molar-refractivity contribution in [2.45, 2.75) is 6.42 Å². The van der Waals surface area contributed by atoms with E-state index in [0.29, 0.717) is 35.9 Å². The maximum absolute atomic E-state index is 12.3. The molecule has 2 aliphatic heterocycles. The zero-order valence-electron chi connectivity index (χ0n) is 12.9. The van der Waals surface area contributed by atoms with Crippen molar-refractivity contribution in [2.24, 2.45) is 5.92 Å².